The molecule has 1 saturated carbocycles. The van der Waals surface area contributed by atoms with E-state index in [-0.39, 0.29) is 12.1 Å². The summed E-state index contributed by atoms with van der Waals surface area (Å²) in [6, 6.07) is 7.68. The fraction of sp³-hybridized carbons (Fsp3) is 0.611. The van der Waals surface area contributed by atoms with Crippen LogP contribution in [0.25, 0.3) is 0 Å². The Balaban J connectivity index is 1.70. The molecule has 120 valence electrons. The third-order valence-corrected chi connectivity index (χ3v) is 5.43. The first-order valence-corrected chi connectivity index (χ1v) is 8.71. The fourth-order valence-electron chi connectivity index (χ4n) is 3.57. The van der Waals surface area contributed by atoms with Gasteiger partial charge in [-0.2, -0.15) is 0 Å². The van der Waals surface area contributed by atoms with Crippen LogP contribution in [-0.2, 0) is 14.9 Å². The summed E-state index contributed by atoms with van der Waals surface area (Å²) in [5.74, 6) is -0.0379. The number of rotatable bonds is 4. The van der Waals surface area contributed by atoms with Crippen molar-refractivity contribution < 1.29 is 9.53 Å². The van der Waals surface area contributed by atoms with Crippen molar-refractivity contribution in [3.8, 4) is 0 Å². The Morgan fingerprint density at radius 1 is 1.32 bits per heavy atom. The van der Waals surface area contributed by atoms with E-state index in [2.05, 4.69) is 11.8 Å². The minimum absolute atomic E-state index is 0.0379. The van der Waals surface area contributed by atoms with Gasteiger partial charge in [0.05, 0.1) is 5.41 Å². The van der Waals surface area contributed by atoms with E-state index >= 15 is 0 Å². The van der Waals surface area contributed by atoms with Crippen LogP contribution >= 0.6 is 11.6 Å². The molecule has 1 aromatic rings. The molecule has 3 nitrogen and oxygen atoms in total. The second-order valence-electron chi connectivity index (χ2n) is 6.51. The van der Waals surface area contributed by atoms with E-state index in [1.165, 1.54) is 0 Å². The van der Waals surface area contributed by atoms with Crippen LogP contribution in [0.15, 0.2) is 24.3 Å². The van der Waals surface area contributed by atoms with Crippen LogP contribution in [0, 0.1) is 0 Å². The van der Waals surface area contributed by atoms with Gasteiger partial charge in [-0.05, 0) is 56.5 Å². The maximum Gasteiger partial charge on any atom is 0.316 e. The molecule has 0 spiro atoms. The molecule has 1 aromatic carbocycles. The van der Waals surface area contributed by atoms with Gasteiger partial charge in [0.25, 0.3) is 0 Å². The van der Waals surface area contributed by atoms with Gasteiger partial charge in [0.15, 0.2) is 0 Å². The molecule has 1 heterocycles. The van der Waals surface area contributed by atoms with Crippen LogP contribution in [0.3, 0.4) is 0 Å². The summed E-state index contributed by atoms with van der Waals surface area (Å²) in [7, 11) is 0. The van der Waals surface area contributed by atoms with Crippen LogP contribution in [0.5, 0.6) is 0 Å². The number of hydrogen-bond acceptors (Lipinski definition) is 3. The summed E-state index contributed by atoms with van der Waals surface area (Å²) in [6.07, 6.45) is 5.00. The first-order valence-electron chi connectivity index (χ1n) is 8.33. The van der Waals surface area contributed by atoms with Gasteiger partial charge in [0, 0.05) is 11.6 Å². The summed E-state index contributed by atoms with van der Waals surface area (Å²) < 4.78 is 5.90. The van der Waals surface area contributed by atoms with Gasteiger partial charge in [0.2, 0.25) is 0 Å². The van der Waals surface area contributed by atoms with Gasteiger partial charge in [-0.3, -0.25) is 9.69 Å². The second kappa shape index (κ2) is 6.59. The predicted octanol–water partition coefficient (Wildman–Crippen LogP) is 3.79. The lowest BCUT2D eigenvalue weighted by molar-refractivity contribution is -0.162. The Labute approximate surface area is 137 Å². The van der Waals surface area contributed by atoms with Crippen LogP contribution < -0.4 is 0 Å². The van der Waals surface area contributed by atoms with Crippen molar-refractivity contribution in [3.63, 3.8) is 0 Å². The average Bonchev–Trinajstić information content (AvgIpc) is 2.48. The molecule has 1 aliphatic heterocycles. The summed E-state index contributed by atoms with van der Waals surface area (Å²) >= 11 is 5.97. The van der Waals surface area contributed by atoms with Crippen molar-refractivity contribution in [2.24, 2.45) is 0 Å². The zero-order chi connectivity index (χ0) is 15.6. The van der Waals surface area contributed by atoms with Crippen molar-refractivity contribution in [1.29, 1.82) is 0 Å². The van der Waals surface area contributed by atoms with E-state index in [1.807, 2.05) is 24.3 Å². The Kier molecular flexibility index (Phi) is 4.74. The topological polar surface area (TPSA) is 29.5 Å². The van der Waals surface area contributed by atoms with Crippen molar-refractivity contribution in [3.05, 3.63) is 34.9 Å². The first kappa shape index (κ1) is 15.8. The van der Waals surface area contributed by atoms with E-state index in [0.717, 1.165) is 57.3 Å². The average molecular weight is 322 g/mol. The number of nitrogens with zero attached hydrogens (tertiary/aromatic N) is 1. The lowest BCUT2D eigenvalue weighted by Gasteiger charge is -2.41. The Bertz CT molecular complexity index is 524. The van der Waals surface area contributed by atoms with Gasteiger partial charge in [-0.1, -0.05) is 37.1 Å². The van der Waals surface area contributed by atoms with Crippen LogP contribution in [0.1, 0.15) is 44.6 Å². The Hall–Kier alpha value is -1.06. The van der Waals surface area contributed by atoms with Gasteiger partial charge in [0.1, 0.15) is 6.10 Å². The first-order chi connectivity index (χ1) is 10.6. The third kappa shape index (κ3) is 3.02. The standard InChI is InChI=1S/C18H24ClNO2/c1-2-20-12-3-5-16(13-20)22-17(21)18(10-4-11-18)14-6-8-15(19)9-7-14/h6-9,16H,2-5,10-13H2,1H3. The van der Waals surface area contributed by atoms with Crippen molar-refractivity contribution in [1.82, 2.24) is 4.90 Å². The van der Waals surface area contributed by atoms with E-state index < -0.39 is 5.41 Å². The summed E-state index contributed by atoms with van der Waals surface area (Å²) in [6.45, 7) is 5.17. The quantitative estimate of drug-likeness (QED) is 0.790. The minimum atomic E-state index is -0.431. The molecule has 22 heavy (non-hydrogen) atoms. The highest BCUT2D eigenvalue weighted by Gasteiger charge is 2.47. The smallest absolute Gasteiger partial charge is 0.316 e. The molecule has 1 saturated heterocycles. The van der Waals surface area contributed by atoms with Gasteiger partial charge >= 0.3 is 5.97 Å². The van der Waals surface area contributed by atoms with Gasteiger partial charge in [-0.25, -0.2) is 0 Å². The normalized spacial score (nSPS) is 24.5. The molecule has 2 fully saturated rings. The molecule has 1 unspecified atom stereocenters. The molecule has 0 bridgehead atoms. The third-order valence-electron chi connectivity index (χ3n) is 5.18. The van der Waals surface area contributed by atoms with Gasteiger partial charge in [-0.15, -0.1) is 0 Å². The molecule has 0 N–H and O–H groups in total. The largest absolute Gasteiger partial charge is 0.460 e. The number of likely N-dealkylation sites (N-methyl/N-ethyl adjacent to an activating group) is 1. The number of piperidine rings is 1. The minimum Gasteiger partial charge on any atom is -0.460 e. The Morgan fingerprint density at radius 2 is 2.05 bits per heavy atom. The zero-order valence-corrected chi connectivity index (χ0v) is 13.9. The highest BCUT2D eigenvalue weighted by molar-refractivity contribution is 6.30. The molecule has 4 heteroatoms. The Morgan fingerprint density at radius 3 is 2.64 bits per heavy atom. The van der Waals surface area contributed by atoms with Crippen molar-refractivity contribution >= 4 is 17.6 Å². The molecule has 1 atom stereocenters. The molecule has 0 aromatic heterocycles. The van der Waals surface area contributed by atoms with Crippen LogP contribution in [-0.4, -0.2) is 36.6 Å². The molecule has 0 amide bonds. The molecular formula is C18H24ClNO2. The van der Waals surface area contributed by atoms with Crippen LogP contribution in [0.4, 0.5) is 0 Å². The summed E-state index contributed by atoms with van der Waals surface area (Å²) in [4.78, 5) is 15.2. The van der Waals surface area contributed by atoms with E-state index in [0.29, 0.717) is 5.02 Å². The van der Waals surface area contributed by atoms with Gasteiger partial charge < -0.3 is 4.74 Å². The number of benzene rings is 1. The maximum absolute atomic E-state index is 12.8. The summed E-state index contributed by atoms with van der Waals surface area (Å²) in [5.41, 5.74) is 0.621. The highest BCUT2D eigenvalue weighted by Crippen LogP contribution is 2.45. The summed E-state index contributed by atoms with van der Waals surface area (Å²) in [5, 5.41) is 0.706. The maximum atomic E-state index is 12.8. The number of hydrogen-bond donors (Lipinski definition) is 0. The monoisotopic (exact) mass is 321 g/mol. The SMILES string of the molecule is CCN1CCCC(OC(=O)C2(c3ccc(Cl)cc3)CCC2)C1. The van der Waals surface area contributed by atoms with Crippen LogP contribution in [0.2, 0.25) is 5.02 Å². The molecule has 1 aliphatic carbocycles. The lowest BCUT2D eigenvalue weighted by atomic mass is 9.64. The zero-order valence-electron chi connectivity index (χ0n) is 13.2. The van der Waals surface area contributed by atoms with E-state index in [1.54, 1.807) is 0 Å². The number of ether oxygens (including phenoxy) is 1. The lowest BCUT2D eigenvalue weighted by Crippen LogP contribution is -2.48. The van der Waals surface area contributed by atoms with Crippen molar-refractivity contribution in [2.45, 2.75) is 50.5 Å². The molecule has 3 rings (SSSR count). The number of carbonyl (C=O) groups is 1. The number of carbonyl (C=O) groups excluding carboxylic acids is 1. The second-order valence-corrected chi connectivity index (χ2v) is 6.94. The number of likely N-dealkylation sites (tertiary alicyclic amines) is 1. The predicted molar refractivity (Wildman–Crippen MR) is 88.2 cm³/mol. The van der Waals surface area contributed by atoms with Crippen molar-refractivity contribution in [2.75, 3.05) is 19.6 Å². The number of esters is 1. The molecule has 0 radical (unpaired) electrons. The fourth-order valence-corrected chi connectivity index (χ4v) is 3.70. The van der Waals surface area contributed by atoms with E-state index in [4.69, 9.17) is 16.3 Å². The molecular weight excluding hydrogens is 298 g/mol. The number of halogens is 1. The highest BCUT2D eigenvalue weighted by atomic mass is 35.5. The van der Waals surface area contributed by atoms with E-state index in [9.17, 15) is 4.79 Å². The molecule has 2 aliphatic rings.